The first-order valence-electron chi connectivity index (χ1n) is 4.64. The number of carboxylic acid groups (broad SMARTS) is 1. The Morgan fingerprint density at radius 2 is 2.33 bits per heavy atom. The lowest BCUT2D eigenvalue weighted by Gasteiger charge is -2.10. The van der Waals surface area contributed by atoms with E-state index in [1.54, 1.807) is 6.08 Å². The minimum Gasteiger partial charge on any atom is -0.481 e. The van der Waals surface area contributed by atoms with Gasteiger partial charge in [-0.2, -0.15) is 0 Å². The number of carboxylic acids is 1. The van der Waals surface area contributed by atoms with Crippen molar-refractivity contribution in [2.24, 2.45) is 10.9 Å². The molecule has 0 fully saturated rings. The van der Waals surface area contributed by atoms with E-state index < -0.39 is 11.9 Å². The minimum atomic E-state index is -0.816. The first kappa shape index (κ1) is 10.4. The molecule has 1 aliphatic rings. The molecule has 0 radical (unpaired) electrons. The Morgan fingerprint density at radius 3 is 3.00 bits per heavy atom. The number of hydrogen-bond donors (Lipinski definition) is 1. The van der Waals surface area contributed by atoms with Crippen LogP contribution in [0.25, 0.3) is 6.08 Å². The van der Waals surface area contributed by atoms with Crippen molar-refractivity contribution in [3.63, 3.8) is 0 Å². The van der Waals surface area contributed by atoms with Gasteiger partial charge in [-0.1, -0.05) is 22.0 Å². The molecule has 2 rings (SSSR count). The van der Waals surface area contributed by atoms with Crippen LogP contribution in [0.4, 0.5) is 0 Å². The number of fused-ring (bicyclic) bond motifs is 1. The number of halogens is 1. The molecule has 1 N–H and O–H groups in total. The summed E-state index contributed by atoms with van der Waals surface area (Å²) >= 11 is 3.42. The lowest BCUT2D eigenvalue weighted by atomic mass is 10.0. The zero-order valence-corrected chi connectivity index (χ0v) is 9.78. The average molecular weight is 268 g/mol. The van der Waals surface area contributed by atoms with Gasteiger partial charge >= 0.3 is 5.97 Å². The monoisotopic (exact) mass is 267 g/mol. The number of rotatable bonds is 1. The van der Waals surface area contributed by atoms with Gasteiger partial charge in [-0.15, -0.1) is 0 Å². The Morgan fingerprint density at radius 1 is 1.60 bits per heavy atom. The summed E-state index contributed by atoms with van der Waals surface area (Å²) in [6, 6.07) is 3.84. The van der Waals surface area contributed by atoms with Gasteiger partial charge in [0.15, 0.2) is 0 Å². The van der Waals surface area contributed by atoms with Gasteiger partial charge in [-0.3, -0.25) is 9.79 Å². The quantitative estimate of drug-likeness (QED) is 0.821. The molecule has 1 aromatic carbocycles. The van der Waals surface area contributed by atoms with Crippen molar-refractivity contribution in [3.05, 3.63) is 32.7 Å². The zero-order valence-electron chi connectivity index (χ0n) is 8.20. The average Bonchev–Trinajstić information content (AvgIpc) is 2.23. The van der Waals surface area contributed by atoms with Crippen LogP contribution in [0.3, 0.4) is 0 Å². The van der Waals surface area contributed by atoms with Crippen LogP contribution in [0.1, 0.15) is 5.56 Å². The zero-order chi connectivity index (χ0) is 11.0. The van der Waals surface area contributed by atoms with Gasteiger partial charge in [0.25, 0.3) is 0 Å². The maximum atomic E-state index is 10.9. The Balaban J connectivity index is 2.69. The molecule has 0 amide bonds. The Kier molecular flexibility index (Phi) is 2.61. The molecule has 1 aromatic rings. The first-order chi connectivity index (χ1) is 7.09. The molecule has 0 spiro atoms. The molecule has 0 saturated heterocycles. The summed E-state index contributed by atoms with van der Waals surface area (Å²) in [4.78, 5) is 15.1. The Labute approximate surface area is 95.3 Å². The molecule has 0 bridgehead atoms. The van der Waals surface area contributed by atoms with E-state index in [4.69, 9.17) is 5.11 Å². The van der Waals surface area contributed by atoms with E-state index in [2.05, 4.69) is 20.9 Å². The van der Waals surface area contributed by atoms with Gasteiger partial charge in [0, 0.05) is 9.69 Å². The van der Waals surface area contributed by atoms with Crippen molar-refractivity contribution in [2.45, 2.75) is 6.92 Å². The highest BCUT2D eigenvalue weighted by Crippen LogP contribution is 2.11. The van der Waals surface area contributed by atoms with Crippen LogP contribution in [-0.2, 0) is 4.79 Å². The van der Waals surface area contributed by atoms with Crippen LogP contribution < -0.4 is 10.6 Å². The molecule has 1 unspecified atom stereocenters. The van der Waals surface area contributed by atoms with Crippen molar-refractivity contribution in [1.82, 2.24) is 0 Å². The third-order valence-corrected chi connectivity index (χ3v) is 3.43. The van der Waals surface area contributed by atoms with Crippen LogP contribution in [0.2, 0.25) is 0 Å². The standard InChI is InChI=1S/C11H10BrNO2/c1-6-8-4-7(11(14)15)5-13-10(8)3-2-9(6)12/h2-4,7H,5H2,1H3,(H,14,15). The molecule has 4 heteroatoms. The summed E-state index contributed by atoms with van der Waals surface area (Å²) in [5.74, 6) is -1.31. The second-order valence-electron chi connectivity index (χ2n) is 3.56. The highest BCUT2D eigenvalue weighted by atomic mass is 79.9. The number of aliphatic carboxylic acids is 1. The maximum Gasteiger partial charge on any atom is 0.312 e. The number of nitrogens with zero attached hydrogens (tertiary/aromatic N) is 1. The summed E-state index contributed by atoms with van der Waals surface area (Å²) in [7, 11) is 0. The summed E-state index contributed by atoms with van der Waals surface area (Å²) in [6.07, 6.45) is 1.78. The van der Waals surface area contributed by atoms with Gasteiger partial charge in [-0.25, -0.2) is 0 Å². The number of benzene rings is 1. The van der Waals surface area contributed by atoms with Gasteiger partial charge in [0.05, 0.1) is 17.8 Å². The van der Waals surface area contributed by atoms with Gasteiger partial charge in [0.1, 0.15) is 0 Å². The summed E-state index contributed by atoms with van der Waals surface area (Å²) in [5, 5.41) is 10.7. The highest BCUT2D eigenvalue weighted by Gasteiger charge is 2.16. The normalized spacial score (nSPS) is 18.7. The second-order valence-corrected chi connectivity index (χ2v) is 4.41. The molecule has 0 aliphatic carbocycles. The summed E-state index contributed by atoms with van der Waals surface area (Å²) in [6.45, 7) is 2.29. The minimum absolute atomic E-state index is 0.337. The topological polar surface area (TPSA) is 49.7 Å². The SMILES string of the molecule is Cc1c(Br)ccc2c1=CC(C(=O)O)CN=2. The van der Waals surface area contributed by atoms with Gasteiger partial charge < -0.3 is 5.11 Å². The number of carbonyl (C=O) groups is 1. The molecule has 1 aliphatic heterocycles. The molecule has 0 saturated carbocycles. The molecule has 0 aromatic heterocycles. The lowest BCUT2D eigenvalue weighted by Crippen LogP contribution is -2.35. The van der Waals surface area contributed by atoms with Crippen LogP contribution in [0, 0.1) is 12.8 Å². The van der Waals surface area contributed by atoms with Crippen LogP contribution in [0.15, 0.2) is 21.6 Å². The third-order valence-electron chi connectivity index (χ3n) is 2.57. The smallest absolute Gasteiger partial charge is 0.312 e. The van der Waals surface area contributed by atoms with Crippen molar-refractivity contribution >= 4 is 28.0 Å². The Bertz CT molecular complexity index is 536. The molecule has 1 atom stereocenters. The van der Waals surface area contributed by atoms with E-state index in [-0.39, 0.29) is 0 Å². The fraction of sp³-hybridized carbons (Fsp3) is 0.273. The predicted molar refractivity (Wildman–Crippen MR) is 60.1 cm³/mol. The molecule has 3 nitrogen and oxygen atoms in total. The first-order valence-corrected chi connectivity index (χ1v) is 5.43. The van der Waals surface area contributed by atoms with Crippen molar-refractivity contribution in [2.75, 3.05) is 6.54 Å². The van der Waals surface area contributed by atoms with Crippen LogP contribution in [-0.4, -0.2) is 17.6 Å². The summed E-state index contributed by atoms with van der Waals surface area (Å²) in [5.41, 5.74) is 1.04. The molecule has 1 heterocycles. The highest BCUT2D eigenvalue weighted by molar-refractivity contribution is 9.10. The molecule has 78 valence electrons. The molecular formula is C11H10BrNO2. The predicted octanol–water partition coefficient (Wildman–Crippen LogP) is 0.872. The fourth-order valence-electron chi connectivity index (χ4n) is 1.64. The van der Waals surface area contributed by atoms with Crippen molar-refractivity contribution in [1.29, 1.82) is 0 Å². The van der Waals surface area contributed by atoms with Gasteiger partial charge in [-0.05, 0) is 24.6 Å². The van der Waals surface area contributed by atoms with Crippen molar-refractivity contribution < 1.29 is 9.90 Å². The second kappa shape index (κ2) is 3.77. The van der Waals surface area contributed by atoms with Crippen LogP contribution >= 0.6 is 15.9 Å². The molecular weight excluding hydrogens is 258 g/mol. The lowest BCUT2D eigenvalue weighted by molar-refractivity contribution is -0.139. The molecule has 15 heavy (non-hydrogen) atoms. The summed E-state index contributed by atoms with van der Waals surface area (Å²) < 4.78 is 0.985. The fourth-order valence-corrected chi connectivity index (χ4v) is 1.98. The van der Waals surface area contributed by atoms with Crippen molar-refractivity contribution in [3.8, 4) is 0 Å². The largest absolute Gasteiger partial charge is 0.481 e. The maximum absolute atomic E-state index is 10.9. The van der Waals surface area contributed by atoms with Crippen LogP contribution in [0.5, 0.6) is 0 Å². The van der Waals surface area contributed by atoms with E-state index in [0.717, 1.165) is 20.6 Å². The Hall–Kier alpha value is -1.16. The third kappa shape index (κ3) is 1.81. The van der Waals surface area contributed by atoms with E-state index in [9.17, 15) is 4.79 Å². The van der Waals surface area contributed by atoms with E-state index in [1.807, 2.05) is 19.1 Å². The van der Waals surface area contributed by atoms with E-state index in [1.165, 1.54) is 0 Å². The number of hydrogen-bond acceptors (Lipinski definition) is 2. The van der Waals surface area contributed by atoms with E-state index >= 15 is 0 Å². The van der Waals surface area contributed by atoms with E-state index in [0.29, 0.717) is 6.54 Å². The van der Waals surface area contributed by atoms with Gasteiger partial charge in [0.2, 0.25) is 0 Å².